The van der Waals surface area contributed by atoms with Crippen molar-refractivity contribution in [2.45, 2.75) is 6.36 Å². The van der Waals surface area contributed by atoms with Crippen LogP contribution in [-0.4, -0.2) is 40.8 Å². The van der Waals surface area contributed by atoms with E-state index < -0.39 is 6.36 Å². The number of carbonyl (C=O) groups excluding carboxylic acids is 1. The summed E-state index contributed by atoms with van der Waals surface area (Å²) in [5.41, 5.74) is 3.70. The normalized spacial score (nSPS) is 11.5. The molecule has 4 rings (SSSR count). The summed E-state index contributed by atoms with van der Waals surface area (Å²) >= 11 is 0. The third kappa shape index (κ3) is 4.77. The Kier molecular flexibility index (Phi) is 5.71. The van der Waals surface area contributed by atoms with Crippen LogP contribution in [0.3, 0.4) is 0 Å². The second-order valence-corrected chi connectivity index (χ2v) is 7.66. The van der Waals surface area contributed by atoms with Crippen molar-refractivity contribution in [3.05, 3.63) is 72.4 Å². The van der Waals surface area contributed by atoms with Crippen molar-refractivity contribution in [1.82, 2.24) is 14.5 Å². The molecule has 1 N–H and O–H groups in total. The van der Waals surface area contributed by atoms with Gasteiger partial charge in [0.2, 0.25) is 0 Å². The second kappa shape index (κ2) is 8.50. The molecular weight excluding hydrogens is 433 g/mol. The van der Waals surface area contributed by atoms with Gasteiger partial charge in [-0.3, -0.25) is 4.79 Å². The Morgan fingerprint density at radius 3 is 2.45 bits per heavy atom. The van der Waals surface area contributed by atoms with Gasteiger partial charge in [0.05, 0.1) is 5.52 Å². The first kappa shape index (κ1) is 22.2. The molecule has 170 valence electrons. The lowest BCUT2D eigenvalue weighted by molar-refractivity contribution is -0.274. The number of rotatable bonds is 5. The van der Waals surface area contributed by atoms with Gasteiger partial charge in [-0.2, -0.15) is 0 Å². The molecule has 2 aromatic heterocycles. The highest BCUT2D eigenvalue weighted by Crippen LogP contribution is 2.33. The molecule has 0 spiro atoms. The van der Waals surface area contributed by atoms with Crippen LogP contribution in [0.5, 0.6) is 5.75 Å². The van der Waals surface area contributed by atoms with Crippen LogP contribution in [0.15, 0.2) is 66.9 Å². The minimum absolute atomic E-state index is 0.0778. The average Bonchev–Trinajstić information content (AvgIpc) is 3.10. The highest BCUT2D eigenvalue weighted by molar-refractivity contribution is 5.97. The molecule has 0 aliphatic rings. The SMILES string of the molecule is CN(C)C(=O)c1ccc(-c2cc3c(Nc4cccc(OC(F)(F)F)c4)nccc3n2C)cc1. The summed E-state index contributed by atoms with van der Waals surface area (Å²) in [4.78, 5) is 18.0. The average molecular weight is 454 g/mol. The Labute approximate surface area is 188 Å². The molecule has 33 heavy (non-hydrogen) atoms. The lowest BCUT2D eigenvalue weighted by atomic mass is 10.1. The zero-order valence-corrected chi connectivity index (χ0v) is 18.1. The van der Waals surface area contributed by atoms with E-state index in [1.807, 2.05) is 35.9 Å². The van der Waals surface area contributed by atoms with E-state index in [1.54, 1.807) is 38.5 Å². The number of nitrogens with zero attached hydrogens (tertiary/aromatic N) is 3. The summed E-state index contributed by atoms with van der Waals surface area (Å²) in [7, 11) is 5.32. The Morgan fingerprint density at radius 1 is 1.06 bits per heavy atom. The summed E-state index contributed by atoms with van der Waals surface area (Å²) in [6.07, 6.45) is -3.14. The van der Waals surface area contributed by atoms with Crippen molar-refractivity contribution in [2.24, 2.45) is 7.05 Å². The van der Waals surface area contributed by atoms with Crippen LogP contribution in [0.4, 0.5) is 24.7 Å². The van der Waals surface area contributed by atoms with E-state index in [2.05, 4.69) is 15.0 Å². The van der Waals surface area contributed by atoms with Gasteiger partial charge in [-0.1, -0.05) is 18.2 Å². The van der Waals surface area contributed by atoms with Crippen LogP contribution >= 0.6 is 0 Å². The smallest absolute Gasteiger partial charge is 0.406 e. The highest BCUT2D eigenvalue weighted by Gasteiger charge is 2.31. The van der Waals surface area contributed by atoms with E-state index in [0.717, 1.165) is 22.2 Å². The van der Waals surface area contributed by atoms with Crippen LogP contribution in [-0.2, 0) is 7.05 Å². The van der Waals surface area contributed by atoms with E-state index >= 15 is 0 Å². The van der Waals surface area contributed by atoms with Crippen molar-refractivity contribution in [3.63, 3.8) is 0 Å². The maximum Gasteiger partial charge on any atom is 0.573 e. The summed E-state index contributed by atoms with van der Waals surface area (Å²) in [6, 6.07) is 16.7. The van der Waals surface area contributed by atoms with Gasteiger partial charge in [0.1, 0.15) is 11.6 Å². The number of hydrogen-bond donors (Lipinski definition) is 1. The number of aryl methyl sites for hydroxylation is 1. The lowest BCUT2D eigenvalue weighted by Crippen LogP contribution is -2.21. The number of hydrogen-bond acceptors (Lipinski definition) is 4. The fourth-order valence-corrected chi connectivity index (χ4v) is 3.59. The summed E-state index contributed by atoms with van der Waals surface area (Å²) in [6.45, 7) is 0. The molecule has 0 aliphatic carbocycles. The molecule has 1 amide bonds. The predicted octanol–water partition coefficient (Wildman–Crippen LogP) is 5.58. The number of benzene rings is 2. The number of ether oxygens (including phenoxy) is 1. The molecular formula is C24H21F3N4O2. The first-order valence-electron chi connectivity index (χ1n) is 10.0. The molecule has 4 aromatic rings. The van der Waals surface area contributed by atoms with Gasteiger partial charge in [-0.15, -0.1) is 13.2 Å². The van der Waals surface area contributed by atoms with Gasteiger partial charge >= 0.3 is 6.36 Å². The number of carbonyl (C=O) groups is 1. The maximum absolute atomic E-state index is 12.5. The van der Waals surface area contributed by atoms with E-state index in [1.165, 1.54) is 23.1 Å². The van der Waals surface area contributed by atoms with Gasteiger partial charge in [-0.25, -0.2) is 4.98 Å². The molecule has 0 aliphatic heterocycles. The van der Waals surface area contributed by atoms with E-state index in [4.69, 9.17) is 0 Å². The molecule has 0 bridgehead atoms. The van der Waals surface area contributed by atoms with Crippen molar-refractivity contribution in [1.29, 1.82) is 0 Å². The van der Waals surface area contributed by atoms with Gasteiger partial charge < -0.3 is 19.5 Å². The molecule has 6 nitrogen and oxygen atoms in total. The summed E-state index contributed by atoms with van der Waals surface area (Å²) in [5.74, 6) is 0.102. The Hall–Kier alpha value is -4.01. The zero-order valence-electron chi connectivity index (χ0n) is 18.1. The maximum atomic E-state index is 12.5. The topological polar surface area (TPSA) is 59.4 Å². The number of aromatic nitrogens is 2. The summed E-state index contributed by atoms with van der Waals surface area (Å²) < 4.78 is 43.6. The monoisotopic (exact) mass is 454 g/mol. The molecule has 0 saturated heterocycles. The first-order valence-corrected chi connectivity index (χ1v) is 10.0. The van der Waals surface area contributed by atoms with Crippen LogP contribution in [0.1, 0.15) is 10.4 Å². The van der Waals surface area contributed by atoms with Crippen LogP contribution in [0.25, 0.3) is 22.2 Å². The van der Waals surface area contributed by atoms with Gasteiger partial charge in [0, 0.05) is 55.7 Å². The van der Waals surface area contributed by atoms with Gasteiger partial charge in [-0.05, 0) is 42.0 Å². The Bertz CT molecular complexity index is 1310. The van der Waals surface area contributed by atoms with Crippen LogP contribution < -0.4 is 10.1 Å². The third-order valence-electron chi connectivity index (χ3n) is 5.14. The van der Waals surface area contributed by atoms with Crippen molar-refractivity contribution >= 4 is 28.3 Å². The third-order valence-corrected chi connectivity index (χ3v) is 5.14. The molecule has 0 saturated carbocycles. The Morgan fingerprint density at radius 2 is 1.79 bits per heavy atom. The van der Waals surface area contributed by atoms with E-state index in [-0.39, 0.29) is 11.7 Å². The zero-order chi connectivity index (χ0) is 23.8. The van der Waals surface area contributed by atoms with Crippen molar-refractivity contribution in [3.8, 4) is 17.0 Å². The molecule has 9 heteroatoms. The number of pyridine rings is 1. The number of alkyl halides is 3. The first-order chi connectivity index (χ1) is 15.6. The molecule has 0 radical (unpaired) electrons. The number of fused-ring (bicyclic) bond motifs is 1. The molecule has 0 fully saturated rings. The molecule has 0 unspecified atom stereocenters. The quantitative estimate of drug-likeness (QED) is 0.428. The van der Waals surface area contributed by atoms with Gasteiger partial charge in [0.25, 0.3) is 5.91 Å². The minimum Gasteiger partial charge on any atom is -0.406 e. The molecule has 0 atom stereocenters. The molecule has 2 heterocycles. The van der Waals surface area contributed by atoms with E-state index in [9.17, 15) is 18.0 Å². The fraction of sp³-hybridized carbons (Fsp3) is 0.167. The van der Waals surface area contributed by atoms with Gasteiger partial charge in [0.15, 0.2) is 0 Å². The standard InChI is InChI=1S/C24H21F3N4O2/c1-30(2)23(32)16-9-7-15(8-10-16)21-14-19-20(31(21)3)11-12-28-22(19)29-17-5-4-6-18(13-17)33-24(25,26)27/h4-14H,1-3H3,(H,28,29). The predicted molar refractivity (Wildman–Crippen MR) is 121 cm³/mol. The number of amides is 1. The molecule has 2 aromatic carbocycles. The van der Waals surface area contributed by atoms with Crippen LogP contribution in [0, 0.1) is 0 Å². The number of anilines is 2. The highest BCUT2D eigenvalue weighted by atomic mass is 19.4. The van der Waals surface area contributed by atoms with Crippen molar-refractivity contribution < 1.29 is 22.7 Å². The fourth-order valence-electron chi connectivity index (χ4n) is 3.59. The van der Waals surface area contributed by atoms with Crippen molar-refractivity contribution in [2.75, 3.05) is 19.4 Å². The van der Waals surface area contributed by atoms with Crippen LogP contribution in [0.2, 0.25) is 0 Å². The Balaban J connectivity index is 1.67. The number of halogens is 3. The number of nitrogens with one attached hydrogen (secondary N) is 1. The lowest BCUT2D eigenvalue weighted by Gasteiger charge is -2.11. The van der Waals surface area contributed by atoms with E-state index in [0.29, 0.717) is 17.1 Å². The largest absolute Gasteiger partial charge is 0.573 e. The minimum atomic E-state index is -4.77. The summed E-state index contributed by atoms with van der Waals surface area (Å²) in [5, 5.41) is 3.88. The second-order valence-electron chi connectivity index (χ2n) is 7.66.